The average Bonchev–Trinajstić information content (AvgIpc) is 3.05. The lowest BCUT2D eigenvalue weighted by Crippen LogP contribution is -2.27. The predicted molar refractivity (Wildman–Crippen MR) is 86.7 cm³/mol. The molecular weight excluding hydrogens is 328 g/mol. The number of aromatic nitrogens is 1. The van der Waals surface area contributed by atoms with Crippen LogP contribution < -0.4 is 4.90 Å². The molecule has 2 aromatic rings. The molecule has 21 heavy (non-hydrogen) atoms. The molecule has 2 heterocycles. The third-order valence-electron chi connectivity index (χ3n) is 2.64. The number of hydrogen-bond acceptors (Lipinski definition) is 6. The molecular formula is C13H14N2O3S3. The molecule has 0 saturated carbocycles. The van der Waals surface area contributed by atoms with Crippen LogP contribution in [0, 0.1) is 0 Å². The minimum atomic E-state index is -0.900. The Morgan fingerprint density at radius 2 is 2.14 bits per heavy atom. The second-order valence-electron chi connectivity index (χ2n) is 4.13. The van der Waals surface area contributed by atoms with Crippen molar-refractivity contribution in [3.8, 4) is 0 Å². The Hall–Kier alpha value is -1.38. The second kappa shape index (κ2) is 7.06. The second-order valence-corrected chi connectivity index (χ2v) is 6.92. The minimum Gasteiger partial charge on any atom is -0.477 e. The van der Waals surface area contributed by atoms with Gasteiger partial charge >= 0.3 is 5.97 Å². The maximum Gasteiger partial charge on any atom is 0.345 e. The molecule has 0 bridgehead atoms. The topological polar surface area (TPSA) is 70.5 Å². The summed E-state index contributed by atoms with van der Waals surface area (Å²) in [5.41, 5.74) is 0.891. The van der Waals surface area contributed by atoms with Gasteiger partial charge in [-0.15, -0.1) is 34.4 Å². The quantitative estimate of drug-likeness (QED) is 0.813. The van der Waals surface area contributed by atoms with Crippen LogP contribution in [0.1, 0.15) is 29.2 Å². The van der Waals surface area contributed by atoms with Crippen molar-refractivity contribution in [3.63, 3.8) is 0 Å². The molecule has 112 valence electrons. The molecule has 0 atom stereocenters. The van der Waals surface area contributed by atoms with Crippen LogP contribution in [0.2, 0.25) is 0 Å². The van der Waals surface area contributed by atoms with Crippen LogP contribution in [0.4, 0.5) is 5.13 Å². The van der Waals surface area contributed by atoms with E-state index < -0.39 is 5.97 Å². The summed E-state index contributed by atoms with van der Waals surface area (Å²) in [4.78, 5) is 29.6. The molecule has 0 aliphatic heterocycles. The highest BCUT2D eigenvalue weighted by Gasteiger charge is 2.14. The van der Waals surface area contributed by atoms with Crippen molar-refractivity contribution in [2.24, 2.45) is 0 Å². The van der Waals surface area contributed by atoms with E-state index in [0.717, 1.165) is 10.6 Å². The molecule has 8 heteroatoms. The van der Waals surface area contributed by atoms with Crippen LogP contribution in [0.15, 0.2) is 21.7 Å². The van der Waals surface area contributed by atoms with Gasteiger partial charge in [0.1, 0.15) is 4.88 Å². The van der Waals surface area contributed by atoms with E-state index in [1.807, 2.05) is 17.7 Å². The smallest absolute Gasteiger partial charge is 0.345 e. The Morgan fingerprint density at radius 3 is 2.71 bits per heavy atom. The van der Waals surface area contributed by atoms with Gasteiger partial charge in [0, 0.05) is 34.9 Å². The zero-order chi connectivity index (χ0) is 15.4. The lowest BCUT2D eigenvalue weighted by atomic mass is 10.5. The fourth-order valence-electron chi connectivity index (χ4n) is 1.64. The van der Waals surface area contributed by atoms with Crippen molar-refractivity contribution in [2.45, 2.75) is 24.5 Å². The van der Waals surface area contributed by atoms with Crippen molar-refractivity contribution < 1.29 is 14.7 Å². The molecule has 0 saturated heterocycles. The molecule has 0 radical (unpaired) electrons. The number of carbonyl (C=O) groups is 2. The molecule has 0 aromatic carbocycles. The number of nitrogens with zero attached hydrogens (tertiary/aromatic N) is 2. The third kappa shape index (κ3) is 4.05. The summed E-state index contributed by atoms with van der Waals surface area (Å²) in [6.45, 7) is 4.04. The zero-order valence-electron chi connectivity index (χ0n) is 11.5. The molecule has 2 rings (SSSR count). The Bertz CT molecular complexity index is 651. The van der Waals surface area contributed by atoms with Crippen LogP contribution in [0.5, 0.6) is 0 Å². The van der Waals surface area contributed by atoms with E-state index in [1.165, 1.54) is 29.6 Å². The van der Waals surface area contributed by atoms with Crippen molar-refractivity contribution >= 4 is 51.4 Å². The number of hydrogen-bond donors (Lipinski definition) is 1. The van der Waals surface area contributed by atoms with E-state index in [0.29, 0.717) is 22.3 Å². The van der Waals surface area contributed by atoms with Crippen LogP contribution >= 0.6 is 34.4 Å². The molecule has 0 fully saturated rings. The van der Waals surface area contributed by atoms with Gasteiger partial charge in [-0.3, -0.25) is 9.69 Å². The number of thiophene rings is 1. The fourth-order valence-corrected chi connectivity index (χ4v) is 4.44. The summed E-state index contributed by atoms with van der Waals surface area (Å²) >= 11 is 4.20. The number of aromatic carboxylic acids is 1. The van der Waals surface area contributed by atoms with Gasteiger partial charge in [-0.25, -0.2) is 9.78 Å². The number of carbonyl (C=O) groups excluding carboxylic acids is 1. The summed E-state index contributed by atoms with van der Waals surface area (Å²) < 4.78 is 0. The van der Waals surface area contributed by atoms with Gasteiger partial charge < -0.3 is 5.11 Å². The van der Waals surface area contributed by atoms with E-state index in [4.69, 9.17) is 5.11 Å². The van der Waals surface area contributed by atoms with Crippen molar-refractivity contribution in [2.75, 3.05) is 11.4 Å². The first-order chi connectivity index (χ1) is 10.0. The van der Waals surface area contributed by atoms with Crippen LogP contribution in [0.25, 0.3) is 0 Å². The molecule has 2 aromatic heterocycles. The Morgan fingerprint density at radius 1 is 1.38 bits per heavy atom. The maximum atomic E-state index is 11.5. The van der Waals surface area contributed by atoms with Crippen LogP contribution in [0.3, 0.4) is 0 Å². The predicted octanol–water partition coefficient (Wildman–Crippen LogP) is 3.57. The molecule has 0 aliphatic rings. The molecule has 0 spiro atoms. The van der Waals surface area contributed by atoms with E-state index >= 15 is 0 Å². The Balaban J connectivity index is 1.99. The van der Waals surface area contributed by atoms with Gasteiger partial charge in [0.05, 0.1) is 5.69 Å². The highest BCUT2D eigenvalue weighted by Crippen LogP contribution is 2.29. The first-order valence-corrected chi connectivity index (χ1v) is 8.93. The SMILES string of the molecule is CCN(C(C)=O)c1nc(CSc2csc(C(=O)O)c2)cs1. The normalized spacial score (nSPS) is 10.6. The molecule has 5 nitrogen and oxygen atoms in total. The summed E-state index contributed by atoms with van der Waals surface area (Å²) in [6.07, 6.45) is 0. The van der Waals surface area contributed by atoms with E-state index in [2.05, 4.69) is 4.98 Å². The number of thioether (sulfide) groups is 1. The summed E-state index contributed by atoms with van der Waals surface area (Å²) in [6, 6.07) is 1.67. The Kier molecular flexibility index (Phi) is 5.38. The molecule has 0 aliphatic carbocycles. The average molecular weight is 342 g/mol. The van der Waals surface area contributed by atoms with E-state index in [1.54, 1.807) is 22.7 Å². The van der Waals surface area contributed by atoms with Gasteiger partial charge in [0.25, 0.3) is 0 Å². The van der Waals surface area contributed by atoms with Gasteiger partial charge in [-0.1, -0.05) is 0 Å². The largest absolute Gasteiger partial charge is 0.477 e. The highest BCUT2D eigenvalue weighted by atomic mass is 32.2. The lowest BCUT2D eigenvalue weighted by molar-refractivity contribution is -0.116. The first kappa shape index (κ1) is 16.0. The van der Waals surface area contributed by atoms with Gasteiger partial charge in [0.2, 0.25) is 5.91 Å². The van der Waals surface area contributed by atoms with Crippen molar-refractivity contribution in [3.05, 3.63) is 27.4 Å². The monoisotopic (exact) mass is 342 g/mol. The molecule has 0 unspecified atom stereocenters. The van der Waals surface area contributed by atoms with Crippen LogP contribution in [-0.2, 0) is 10.5 Å². The van der Waals surface area contributed by atoms with Gasteiger partial charge in [-0.05, 0) is 13.0 Å². The van der Waals surface area contributed by atoms with E-state index in [9.17, 15) is 9.59 Å². The molecule has 1 N–H and O–H groups in total. The number of thiazole rings is 1. The number of rotatable bonds is 6. The standard InChI is InChI=1S/C13H14N2O3S3/c1-3-15(8(2)16)13-14-9(6-21-13)5-19-10-4-11(12(17)18)20-7-10/h4,6-7H,3,5H2,1-2H3,(H,17,18). The third-order valence-corrected chi connectivity index (χ3v) is 5.63. The maximum absolute atomic E-state index is 11.5. The number of carboxylic acid groups (broad SMARTS) is 1. The minimum absolute atomic E-state index is 0.0185. The summed E-state index contributed by atoms with van der Waals surface area (Å²) in [5, 5.41) is 13.3. The van der Waals surface area contributed by atoms with Crippen LogP contribution in [-0.4, -0.2) is 28.5 Å². The molecule has 1 amide bonds. The van der Waals surface area contributed by atoms with Crippen molar-refractivity contribution in [1.29, 1.82) is 0 Å². The number of anilines is 1. The van der Waals surface area contributed by atoms with Gasteiger partial charge in [-0.2, -0.15) is 0 Å². The number of carboxylic acids is 1. The lowest BCUT2D eigenvalue weighted by Gasteiger charge is -2.14. The summed E-state index contributed by atoms with van der Waals surface area (Å²) in [7, 11) is 0. The Labute approximate surface area is 134 Å². The van der Waals surface area contributed by atoms with Gasteiger partial charge in [0.15, 0.2) is 5.13 Å². The first-order valence-electron chi connectivity index (χ1n) is 6.18. The zero-order valence-corrected chi connectivity index (χ0v) is 14.0. The summed E-state index contributed by atoms with van der Waals surface area (Å²) in [5.74, 6) is -0.264. The van der Waals surface area contributed by atoms with E-state index in [-0.39, 0.29) is 5.91 Å². The number of amides is 1. The fraction of sp³-hybridized carbons (Fsp3) is 0.308. The highest BCUT2D eigenvalue weighted by molar-refractivity contribution is 7.98. The van der Waals surface area contributed by atoms with Crippen molar-refractivity contribution in [1.82, 2.24) is 4.98 Å².